The number of thioether (sulfide) groups is 1. The van der Waals surface area contributed by atoms with Crippen molar-refractivity contribution in [2.24, 2.45) is 0 Å². The molecule has 0 unspecified atom stereocenters. The third-order valence-corrected chi connectivity index (χ3v) is 5.97. The molecule has 2 heterocycles. The van der Waals surface area contributed by atoms with E-state index in [9.17, 15) is 9.59 Å². The van der Waals surface area contributed by atoms with Gasteiger partial charge in [0.2, 0.25) is 0 Å². The van der Waals surface area contributed by atoms with E-state index in [0.29, 0.717) is 26.8 Å². The van der Waals surface area contributed by atoms with Crippen molar-refractivity contribution in [1.29, 1.82) is 0 Å². The predicted octanol–water partition coefficient (Wildman–Crippen LogP) is 4.82. The van der Waals surface area contributed by atoms with Crippen LogP contribution in [0.25, 0.3) is 5.57 Å². The van der Waals surface area contributed by atoms with Gasteiger partial charge in [-0.05, 0) is 59.7 Å². The Morgan fingerprint density at radius 3 is 2.23 bits per heavy atom. The van der Waals surface area contributed by atoms with Crippen LogP contribution in [0.2, 0.25) is 5.02 Å². The number of rotatable bonds is 6. The molecule has 7 heteroatoms. The number of hydrogen-bond donors (Lipinski definition) is 0. The molecule has 1 aromatic heterocycles. The van der Waals surface area contributed by atoms with Gasteiger partial charge in [-0.15, -0.1) is 0 Å². The van der Waals surface area contributed by atoms with Crippen molar-refractivity contribution < 1.29 is 14.3 Å². The minimum atomic E-state index is -0.321. The summed E-state index contributed by atoms with van der Waals surface area (Å²) >= 11 is 7.24. The van der Waals surface area contributed by atoms with Gasteiger partial charge in [0.15, 0.2) is 0 Å². The highest BCUT2D eigenvalue weighted by Crippen LogP contribution is 2.40. The molecule has 4 rings (SSSR count). The molecule has 30 heavy (non-hydrogen) atoms. The number of halogens is 1. The Kier molecular flexibility index (Phi) is 5.88. The van der Waals surface area contributed by atoms with Gasteiger partial charge in [-0.1, -0.05) is 35.5 Å². The number of ether oxygens (including phenoxy) is 1. The molecule has 5 nitrogen and oxygen atoms in total. The van der Waals surface area contributed by atoms with Crippen LogP contribution < -0.4 is 4.74 Å². The average Bonchev–Trinajstić information content (AvgIpc) is 3.00. The predicted molar refractivity (Wildman–Crippen MR) is 117 cm³/mol. The van der Waals surface area contributed by atoms with E-state index in [1.165, 1.54) is 16.7 Å². The number of carbonyl (C=O) groups excluding carboxylic acids is 2. The van der Waals surface area contributed by atoms with Gasteiger partial charge >= 0.3 is 0 Å². The van der Waals surface area contributed by atoms with E-state index in [-0.39, 0.29) is 18.4 Å². The van der Waals surface area contributed by atoms with Crippen LogP contribution in [-0.2, 0) is 16.1 Å². The highest BCUT2D eigenvalue weighted by molar-refractivity contribution is 8.04. The topological polar surface area (TPSA) is 59.5 Å². The summed E-state index contributed by atoms with van der Waals surface area (Å²) in [5.74, 6) is 0.0395. The van der Waals surface area contributed by atoms with E-state index >= 15 is 0 Å². The molecule has 3 aromatic rings. The molecular formula is C23H17ClN2O3S. The Balaban J connectivity index is 1.73. The number of aromatic nitrogens is 1. The van der Waals surface area contributed by atoms with Gasteiger partial charge in [0.05, 0.1) is 24.1 Å². The summed E-state index contributed by atoms with van der Waals surface area (Å²) in [5, 5.41) is 0.608. The second-order valence-electron chi connectivity index (χ2n) is 6.54. The lowest BCUT2D eigenvalue weighted by Gasteiger charge is -2.15. The van der Waals surface area contributed by atoms with Crippen molar-refractivity contribution in [3.05, 3.63) is 94.1 Å². The largest absolute Gasteiger partial charge is 0.497 e. The zero-order valence-electron chi connectivity index (χ0n) is 16.0. The number of nitrogens with zero attached hydrogens (tertiary/aromatic N) is 2. The lowest BCUT2D eigenvalue weighted by molar-refractivity contribution is -0.137. The molecule has 0 radical (unpaired) electrons. The molecule has 0 atom stereocenters. The molecule has 0 aliphatic carbocycles. The number of pyridine rings is 1. The normalized spacial score (nSPS) is 13.9. The van der Waals surface area contributed by atoms with Gasteiger partial charge in [0.1, 0.15) is 5.75 Å². The van der Waals surface area contributed by atoms with Gasteiger partial charge in [0.25, 0.3) is 11.8 Å². The Hall–Kier alpha value is -3.09. The van der Waals surface area contributed by atoms with Gasteiger partial charge < -0.3 is 4.74 Å². The molecule has 2 amide bonds. The highest BCUT2D eigenvalue weighted by atomic mass is 35.5. The molecule has 0 bridgehead atoms. The monoisotopic (exact) mass is 436 g/mol. The van der Waals surface area contributed by atoms with Gasteiger partial charge in [-0.25, -0.2) is 0 Å². The van der Waals surface area contributed by atoms with Crippen LogP contribution in [0.5, 0.6) is 5.75 Å². The van der Waals surface area contributed by atoms with Gasteiger partial charge in [-0.3, -0.25) is 19.5 Å². The Labute approximate surface area is 183 Å². The quantitative estimate of drug-likeness (QED) is 0.518. The molecule has 0 fully saturated rings. The first-order valence-corrected chi connectivity index (χ1v) is 10.3. The van der Waals surface area contributed by atoms with Crippen LogP contribution >= 0.6 is 23.4 Å². The lowest BCUT2D eigenvalue weighted by Crippen LogP contribution is -2.30. The first kappa shape index (κ1) is 20.2. The molecule has 1 aliphatic rings. The van der Waals surface area contributed by atoms with Crippen molar-refractivity contribution in [3.8, 4) is 5.75 Å². The van der Waals surface area contributed by atoms with Crippen molar-refractivity contribution in [3.63, 3.8) is 0 Å². The summed E-state index contributed by atoms with van der Waals surface area (Å²) in [6.45, 7) is 0.185. The van der Waals surface area contributed by atoms with Crippen molar-refractivity contribution in [2.45, 2.75) is 11.4 Å². The van der Waals surface area contributed by atoms with Crippen molar-refractivity contribution in [2.75, 3.05) is 7.11 Å². The van der Waals surface area contributed by atoms with Crippen LogP contribution in [0.3, 0.4) is 0 Å². The van der Waals surface area contributed by atoms with Gasteiger partial charge in [0, 0.05) is 22.3 Å². The van der Waals surface area contributed by atoms with E-state index < -0.39 is 0 Å². The summed E-state index contributed by atoms with van der Waals surface area (Å²) < 4.78 is 5.21. The number of amides is 2. The zero-order valence-corrected chi connectivity index (χ0v) is 17.6. The van der Waals surface area contributed by atoms with Crippen LogP contribution in [0.15, 0.2) is 82.9 Å². The summed E-state index contributed by atoms with van der Waals surface area (Å²) in [6, 6.07) is 17.9. The number of hydrogen-bond acceptors (Lipinski definition) is 5. The standard InChI is InChI=1S/C23H17ClN2O3S/c1-29-18-6-2-16(3-7-18)20-21(30-19-8-4-17(24)5-9-19)23(28)26(22(20)27)14-15-10-12-25-13-11-15/h2-13H,14H2,1H3. The van der Waals surface area contributed by atoms with E-state index in [1.807, 2.05) is 12.1 Å². The van der Waals surface area contributed by atoms with E-state index in [4.69, 9.17) is 16.3 Å². The van der Waals surface area contributed by atoms with E-state index in [0.717, 1.165) is 10.5 Å². The molecule has 0 saturated heterocycles. The third kappa shape index (κ3) is 4.10. The number of carbonyl (C=O) groups is 2. The minimum Gasteiger partial charge on any atom is -0.497 e. The SMILES string of the molecule is COc1ccc(C2=C(Sc3ccc(Cl)cc3)C(=O)N(Cc3ccncc3)C2=O)cc1. The molecule has 0 N–H and O–H groups in total. The van der Waals surface area contributed by atoms with Crippen LogP contribution in [-0.4, -0.2) is 28.8 Å². The second-order valence-corrected chi connectivity index (χ2v) is 8.06. The Morgan fingerprint density at radius 1 is 0.933 bits per heavy atom. The van der Waals surface area contributed by atoms with Crippen molar-refractivity contribution in [1.82, 2.24) is 9.88 Å². The highest BCUT2D eigenvalue weighted by Gasteiger charge is 2.39. The number of imide groups is 1. The van der Waals surface area contributed by atoms with Crippen LogP contribution in [0.1, 0.15) is 11.1 Å². The van der Waals surface area contributed by atoms with Crippen LogP contribution in [0, 0.1) is 0 Å². The Bertz CT molecular complexity index is 1110. The third-order valence-electron chi connectivity index (χ3n) is 4.63. The summed E-state index contributed by atoms with van der Waals surface area (Å²) in [7, 11) is 1.58. The maximum atomic E-state index is 13.3. The fraction of sp³-hybridized carbons (Fsp3) is 0.0870. The molecule has 0 saturated carbocycles. The first-order chi connectivity index (χ1) is 14.6. The van der Waals surface area contributed by atoms with E-state index in [2.05, 4.69) is 4.98 Å². The molecule has 0 spiro atoms. The average molecular weight is 437 g/mol. The summed E-state index contributed by atoms with van der Waals surface area (Å²) in [5.41, 5.74) is 1.89. The smallest absolute Gasteiger partial charge is 0.268 e. The summed E-state index contributed by atoms with van der Waals surface area (Å²) in [6.07, 6.45) is 3.28. The van der Waals surface area contributed by atoms with Crippen LogP contribution in [0.4, 0.5) is 0 Å². The molecular weight excluding hydrogens is 420 g/mol. The lowest BCUT2D eigenvalue weighted by atomic mass is 10.1. The zero-order chi connectivity index (χ0) is 21.1. The number of methoxy groups -OCH3 is 1. The summed E-state index contributed by atoms with van der Waals surface area (Å²) in [4.78, 5) is 33.0. The van der Waals surface area contributed by atoms with Gasteiger partial charge in [-0.2, -0.15) is 0 Å². The maximum absolute atomic E-state index is 13.3. The fourth-order valence-electron chi connectivity index (χ4n) is 3.10. The maximum Gasteiger partial charge on any atom is 0.268 e. The molecule has 2 aromatic carbocycles. The Morgan fingerprint density at radius 2 is 1.60 bits per heavy atom. The van der Waals surface area contributed by atoms with E-state index in [1.54, 1.807) is 68.0 Å². The fourth-order valence-corrected chi connectivity index (χ4v) is 4.23. The first-order valence-electron chi connectivity index (χ1n) is 9.14. The second kappa shape index (κ2) is 8.73. The van der Waals surface area contributed by atoms with Crippen molar-refractivity contribution >= 4 is 40.8 Å². The minimum absolute atomic E-state index is 0.185. The number of benzene rings is 2. The molecule has 150 valence electrons. The molecule has 1 aliphatic heterocycles.